The summed E-state index contributed by atoms with van der Waals surface area (Å²) >= 11 is 0. The zero-order chi connectivity index (χ0) is 19.5. The van der Waals surface area contributed by atoms with Gasteiger partial charge < -0.3 is 14.6 Å². The van der Waals surface area contributed by atoms with Gasteiger partial charge in [0.15, 0.2) is 0 Å². The van der Waals surface area contributed by atoms with Crippen molar-refractivity contribution in [3.8, 4) is 0 Å². The lowest BCUT2D eigenvalue weighted by atomic mass is 9.84. The summed E-state index contributed by atoms with van der Waals surface area (Å²) in [5, 5.41) is 10.6. The van der Waals surface area contributed by atoms with E-state index in [2.05, 4.69) is 0 Å². The Morgan fingerprint density at radius 1 is 1.18 bits per heavy atom. The second kappa shape index (κ2) is 8.48. The Bertz CT molecular complexity index is 722. The molecule has 1 aliphatic heterocycles. The number of aliphatic hydroxyl groups excluding tert-OH is 1. The molecule has 0 unspecified atom stereocenters. The molecular weight excluding hydrogens is 356 g/mol. The Kier molecular flexibility index (Phi) is 5.81. The minimum Gasteiger partial charge on any atom is -0.462 e. The number of esters is 2. The first-order chi connectivity index (χ1) is 13.6. The van der Waals surface area contributed by atoms with E-state index in [1.165, 1.54) is 19.3 Å². The van der Waals surface area contributed by atoms with Gasteiger partial charge in [-0.2, -0.15) is 0 Å². The molecule has 1 aromatic rings. The van der Waals surface area contributed by atoms with Crippen LogP contribution >= 0.6 is 0 Å². The van der Waals surface area contributed by atoms with E-state index in [0.29, 0.717) is 24.3 Å². The fraction of sp³-hybridized carbons (Fsp3) is 0.565. The highest BCUT2D eigenvalue weighted by molar-refractivity contribution is 5.89. The van der Waals surface area contributed by atoms with Crippen LogP contribution in [0.5, 0.6) is 0 Å². The number of aliphatic hydroxyl groups is 1. The molecular formula is C23H28O5. The van der Waals surface area contributed by atoms with Gasteiger partial charge in [0.05, 0.1) is 18.1 Å². The van der Waals surface area contributed by atoms with E-state index in [9.17, 15) is 14.7 Å². The van der Waals surface area contributed by atoms with Crippen LogP contribution in [0.1, 0.15) is 55.3 Å². The Morgan fingerprint density at radius 3 is 2.68 bits per heavy atom. The van der Waals surface area contributed by atoms with Crippen molar-refractivity contribution in [3.05, 3.63) is 48.0 Å². The predicted molar refractivity (Wildman–Crippen MR) is 103 cm³/mol. The van der Waals surface area contributed by atoms with Crippen LogP contribution in [0.2, 0.25) is 0 Å². The molecule has 0 amide bonds. The first kappa shape index (κ1) is 19.2. The second-order valence-corrected chi connectivity index (χ2v) is 8.29. The first-order valence-corrected chi connectivity index (χ1v) is 10.4. The highest BCUT2D eigenvalue weighted by Gasteiger charge is 2.50. The maximum Gasteiger partial charge on any atom is 0.338 e. The van der Waals surface area contributed by atoms with Crippen molar-refractivity contribution in [2.45, 2.75) is 63.3 Å². The van der Waals surface area contributed by atoms with E-state index in [1.54, 1.807) is 24.3 Å². The Hall–Kier alpha value is -2.14. The van der Waals surface area contributed by atoms with E-state index < -0.39 is 6.10 Å². The SMILES string of the molecule is O=C1C[C@@H]2[C@@H](/C=C/[C@@H](O)C3CCCCC3)[C@H](OC(=O)c3ccccc3)C[C@@H]2O1. The molecule has 5 nitrogen and oxygen atoms in total. The lowest BCUT2D eigenvalue weighted by molar-refractivity contribution is -0.141. The summed E-state index contributed by atoms with van der Waals surface area (Å²) in [5.74, 6) is -0.343. The van der Waals surface area contributed by atoms with Crippen LogP contribution in [-0.4, -0.2) is 35.4 Å². The van der Waals surface area contributed by atoms with Crippen LogP contribution in [0.4, 0.5) is 0 Å². The van der Waals surface area contributed by atoms with Gasteiger partial charge >= 0.3 is 11.9 Å². The lowest BCUT2D eigenvalue weighted by Crippen LogP contribution is -2.26. The van der Waals surface area contributed by atoms with Crippen LogP contribution < -0.4 is 0 Å². The van der Waals surface area contributed by atoms with Gasteiger partial charge in [-0.05, 0) is 30.9 Å². The van der Waals surface area contributed by atoms with Crippen molar-refractivity contribution in [1.82, 2.24) is 0 Å². The molecule has 3 fully saturated rings. The molecule has 0 bridgehead atoms. The van der Waals surface area contributed by atoms with Crippen molar-refractivity contribution in [3.63, 3.8) is 0 Å². The third-order valence-corrected chi connectivity index (χ3v) is 6.48. The fourth-order valence-electron chi connectivity index (χ4n) is 4.94. The number of ether oxygens (including phenoxy) is 2. The summed E-state index contributed by atoms with van der Waals surface area (Å²) in [6, 6.07) is 8.93. The van der Waals surface area contributed by atoms with Crippen molar-refractivity contribution < 1.29 is 24.2 Å². The molecule has 0 aromatic heterocycles. The highest BCUT2D eigenvalue weighted by atomic mass is 16.6. The maximum atomic E-state index is 12.5. The van der Waals surface area contributed by atoms with Gasteiger partial charge in [-0.25, -0.2) is 4.79 Å². The molecule has 0 spiro atoms. The molecule has 5 heteroatoms. The maximum absolute atomic E-state index is 12.5. The van der Waals surface area contributed by atoms with Crippen LogP contribution in [0.25, 0.3) is 0 Å². The van der Waals surface area contributed by atoms with E-state index in [1.807, 2.05) is 18.2 Å². The van der Waals surface area contributed by atoms with E-state index >= 15 is 0 Å². The number of benzene rings is 1. The van der Waals surface area contributed by atoms with Crippen molar-refractivity contribution in [2.75, 3.05) is 0 Å². The number of carbonyl (C=O) groups is 2. The monoisotopic (exact) mass is 384 g/mol. The summed E-state index contributed by atoms with van der Waals surface area (Å²) < 4.78 is 11.2. The third kappa shape index (κ3) is 4.14. The number of hydrogen-bond acceptors (Lipinski definition) is 5. The summed E-state index contributed by atoms with van der Waals surface area (Å²) in [6.45, 7) is 0. The number of rotatable bonds is 5. The van der Waals surface area contributed by atoms with E-state index in [0.717, 1.165) is 12.8 Å². The van der Waals surface area contributed by atoms with Gasteiger partial charge in [0.25, 0.3) is 0 Å². The van der Waals surface area contributed by atoms with Crippen LogP contribution in [0, 0.1) is 17.8 Å². The molecule has 150 valence electrons. The zero-order valence-electron chi connectivity index (χ0n) is 16.0. The lowest BCUT2D eigenvalue weighted by Gasteiger charge is -2.25. The fourth-order valence-corrected chi connectivity index (χ4v) is 4.94. The largest absolute Gasteiger partial charge is 0.462 e. The normalized spacial score (nSPS) is 31.5. The Morgan fingerprint density at radius 2 is 1.93 bits per heavy atom. The second-order valence-electron chi connectivity index (χ2n) is 8.29. The van der Waals surface area contributed by atoms with Gasteiger partial charge in [-0.3, -0.25) is 4.79 Å². The Balaban J connectivity index is 1.46. The van der Waals surface area contributed by atoms with Gasteiger partial charge in [-0.15, -0.1) is 0 Å². The summed E-state index contributed by atoms with van der Waals surface area (Å²) in [5.41, 5.74) is 0.515. The standard InChI is InChI=1S/C23H28O5/c24-19(15-7-3-1-4-8-15)12-11-17-18-13-22(25)27-21(18)14-20(17)28-23(26)16-9-5-2-6-10-16/h2,5-6,9-12,15,17-21,24H,1,3-4,7-8,13-14H2/b12-11+/t17-,18-,19-,20-,21+/m1/s1. The molecule has 0 radical (unpaired) electrons. The molecule has 4 rings (SSSR count). The number of hydrogen-bond donors (Lipinski definition) is 1. The third-order valence-electron chi connectivity index (χ3n) is 6.48. The minimum absolute atomic E-state index is 0.0101. The molecule has 5 atom stereocenters. The summed E-state index contributed by atoms with van der Waals surface area (Å²) in [7, 11) is 0. The molecule has 2 aliphatic carbocycles. The van der Waals surface area contributed by atoms with E-state index in [-0.39, 0.29) is 36.0 Å². The molecule has 28 heavy (non-hydrogen) atoms. The van der Waals surface area contributed by atoms with Gasteiger partial charge in [0.1, 0.15) is 12.2 Å². The van der Waals surface area contributed by atoms with Crippen LogP contribution in [0.3, 0.4) is 0 Å². The topological polar surface area (TPSA) is 72.8 Å². The summed E-state index contributed by atoms with van der Waals surface area (Å²) in [6.07, 6.45) is 9.35. The van der Waals surface area contributed by atoms with Gasteiger partial charge in [0.2, 0.25) is 0 Å². The number of fused-ring (bicyclic) bond motifs is 1. The molecule has 3 aliphatic rings. The zero-order valence-corrected chi connectivity index (χ0v) is 16.0. The van der Waals surface area contributed by atoms with Crippen molar-refractivity contribution in [2.24, 2.45) is 17.8 Å². The average molecular weight is 384 g/mol. The van der Waals surface area contributed by atoms with Crippen LogP contribution in [0.15, 0.2) is 42.5 Å². The van der Waals surface area contributed by atoms with Crippen LogP contribution in [-0.2, 0) is 14.3 Å². The van der Waals surface area contributed by atoms with E-state index in [4.69, 9.17) is 9.47 Å². The van der Waals surface area contributed by atoms with Gasteiger partial charge in [0, 0.05) is 18.3 Å². The molecule has 1 N–H and O–H groups in total. The van der Waals surface area contributed by atoms with Crippen molar-refractivity contribution in [1.29, 1.82) is 0 Å². The molecule has 1 saturated heterocycles. The summed E-state index contributed by atoms with van der Waals surface area (Å²) in [4.78, 5) is 24.2. The Labute approximate surface area is 165 Å². The molecule has 2 saturated carbocycles. The quantitative estimate of drug-likeness (QED) is 0.620. The van der Waals surface area contributed by atoms with Gasteiger partial charge in [-0.1, -0.05) is 49.6 Å². The smallest absolute Gasteiger partial charge is 0.338 e. The highest BCUT2D eigenvalue weighted by Crippen LogP contribution is 2.44. The number of carbonyl (C=O) groups excluding carboxylic acids is 2. The predicted octanol–water partition coefficient (Wildman–Crippen LogP) is 3.66. The van der Waals surface area contributed by atoms with Crippen molar-refractivity contribution >= 4 is 11.9 Å². The average Bonchev–Trinajstić information content (AvgIpc) is 3.23. The molecule has 1 heterocycles. The molecule has 1 aromatic carbocycles. The first-order valence-electron chi connectivity index (χ1n) is 10.4. The minimum atomic E-state index is -0.483.